The predicted molar refractivity (Wildman–Crippen MR) is 39.7 cm³/mol. The molecule has 0 spiro atoms. The Kier molecular flexibility index (Phi) is 2.77. The van der Waals surface area contributed by atoms with Crippen molar-refractivity contribution in [1.82, 2.24) is 10.3 Å². The van der Waals surface area contributed by atoms with Crippen molar-refractivity contribution in [2.45, 2.75) is 13.2 Å². The van der Waals surface area contributed by atoms with Gasteiger partial charge in [0.2, 0.25) is 0 Å². The summed E-state index contributed by atoms with van der Waals surface area (Å²) in [5.74, 6) is 0. The van der Waals surface area contributed by atoms with Gasteiger partial charge in [-0.3, -0.25) is 0 Å². The van der Waals surface area contributed by atoms with Crippen LogP contribution in [0.2, 0.25) is 0 Å². The van der Waals surface area contributed by atoms with Crippen LogP contribution in [0.4, 0.5) is 4.39 Å². The van der Waals surface area contributed by atoms with Crippen LogP contribution in [0.3, 0.4) is 0 Å². The Morgan fingerprint density at radius 3 is 3.10 bits per heavy atom. The van der Waals surface area contributed by atoms with E-state index in [-0.39, 0.29) is 0 Å². The summed E-state index contributed by atoms with van der Waals surface area (Å²) in [6.45, 7) is 0.269. The maximum Gasteiger partial charge on any atom is 0.132 e. The highest BCUT2D eigenvalue weighted by atomic mass is 32.1. The van der Waals surface area contributed by atoms with E-state index >= 15 is 0 Å². The van der Waals surface area contributed by atoms with Gasteiger partial charge in [-0.2, -0.15) is 0 Å². The third-order valence-electron chi connectivity index (χ3n) is 1.06. The van der Waals surface area contributed by atoms with Crippen LogP contribution in [0.25, 0.3) is 0 Å². The lowest BCUT2D eigenvalue weighted by atomic mass is 10.5. The Morgan fingerprint density at radius 1 is 1.80 bits per heavy atom. The molecular formula is C6H9FN2S. The monoisotopic (exact) mass is 160 g/mol. The predicted octanol–water partition coefficient (Wildman–Crippen LogP) is 1.33. The van der Waals surface area contributed by atoms with Crippen LogP contribution in [0.5, 0.6) is 0 Å². The van der Waals surface area contributed by atoms with E-state index in [2.05, 4.69) is 10.3 Å². The summed E-state index contributed by atoms with van der Waals surface area (Å²) in [6.07, 6.45) is 0. The van der Waals surface area contributed by atoms with E-state index in [1.54, 1.807) is 5.38 Å². The van der Waals surface area contributed by atoms with Gasteiger partial charge in [0.05, 0.1) is 5.69 Å². The number of hydrogen-bond donors (Lipinski definition) is 1. The maximum atomic E-state index is 11.9. The lowest BCUT2D eigenvalue weighted by Gasteiger charge is -1.89. The first-order valence-electron chi connectivity index (χ1n) is 3.00. The van der Waals surface area contributed by atoms with Crippen LogP contribution in [0.15, 0.2) is 5.38 Å². The van der Waals surface area contributed by atoms with E-state index in [0.29, 0.717) is 5.69 Å². The number of nitrogens with zero attached hydrogens (tertiary/aromatic N) is 1. The van der Waals surface area contributed by atoms with Gasteiger partial charge in [-0.1, -0.05) is 0 Å². The van der Waals surface area contributed by atoms with Gasteiger partial charge >= 0.3 is 0 Å². The molecule has 0 aliphatic rings. The second-order valence-corrected chi connectivity index (χ2v) is 2.84. The zero-order valence-corrected chi connectivity index (χ0v) is 6.54. The van der Waals surface area contributed by atoms with Gasteiger partial charge in [-0.25, -0.2) is 9.37 Å². The van der Waals surface area contributed by atoms with Crippen molar-refractivity contribution in [2.75, 3.05) is 7.05 Å². The molecule has 0 fully saturated rings. The van der Waals surface area contributed by atoms with E-state index < -0.39 is 6.67 Å². The highest BCUT2D eigenvalue weighted by Crippen LogP contribution is 2.09. The SMILES string of the molecule is CNCc1nc(CF)cs1. The van der Waals surface area contributed by atoms with Crippen molar-refractivity contribution in [3.05, 3.63) is 16.1 Å². The maximum absolute atomic E-state index is 11.9. The normalized spacial score (nSPS) is 10.2. The van der Waals surface area contributed by atoms with Crippen LogP contribution in [0, 0.1) is 0 Å². The summed E-state index contributed by atoms with van der Waals surface area (Å²) < 4.78 is 11.9. The zero-order valence-electron chi connectivity index (χ0n) is 5.72. The average molecular weight is 160 g/mol. The Bertz CT molecular complexity index is 199. The molecule has 0 amide bonds. The van der Waals surface area contributed by atoms with Crippen molar-refractivity contribution < 1.29 is 4.39 Å². The van der Waals surface area contributed by atoms with E-state index in [9.17, 15) is 4.39 Å². The molecule has 1 aromatic rings. The van der Waals surface area contributed by atoms with Gasteiger partial charge < -0.3 is 5.32 Å². The molecule has 1 aromatic heterocycles. The summed E-state index contributed by atoms with van der Waals surface area (Å²) in [5, 5.41) is 5.63. The quantitative estimate of drug-likeness (QED) is 0.721. The topological polar surface area (TPSA) is 24.9 Å². The highest BCUT2D eigenvalue weighted by Gasteiger charge is 1.98. The van der Waals surface area contributed by atoms with Crippen LogP contribution in [-0.4, -0.2) is 12.0 Å². The summed E-state index contributed by atoms with van der Waals surface area (Å²) in [5.41, 5.74) is 0.537. The first-order chi connectivity index (χ1) is 4.86. The zero-order chi connectivity index (χ0) is 7.40. The van der Waals surface area contributed by atoms with Crippen LogP contribution in [-0.2, 0) is 13.2 Å². The molecule has 1 rings (SSSR count). The molecule has 56 valence electrons. The molecule has 1 N–H and O–H groups in total. The summed E-state index contributed by atoms with van der Waals surface area (Å²) in [4.78, 5) is 4.00. The van der Waals surface area contributed by atoms with Crippen LogP contribution < -0.4 is 5.32 Å². The molecule has 0 saturated carbocycles. The number of rotatable bonds is 3. The largest absolute Gasteiger partial charge is 0.314 e. The second kappa shape index (κ2) is 3.63. The third kappa shape index (κ3) is 1.75. The molecule has 0 aliphatic carbocycles. The van der Waals surface area contributed by atoms with Crippen LogP contribution in [0.1, 0.15) is 10.7 Å². The number of alkyl halides is 1. The van der Waals surface area contributed by atoms with Gasteiger partial charge in [0.25, 0.3) is 0 Å². The Hall–Kier alpha value is -0.480. The molecular weight excluding hydrogens is 151 g/mol. The molecule has 0 radical (unpaired) electrons. The minimum Gasteiger partial charge on any atom is -0.314 e. The molecule has 0 atom stereocenters. The molecule has 0 aliphatic heterocycles. The van der Waals surface area contributed by atoms with Gasteiger partial charge in [0.15, 0.2) is 0 Å². The number of hydrogen-bond acceptors (Lipinski definition) is 3. The smallest absolute Gasteiger partial charge is 0.132 e. The number of thiazole rings is 1. The molecule has 0 unspecified atom stereocenters. The average Bonchev–Trinajstić information content (AvgIpc) is 2.37. The van der Waals surface area contributed by atoms with Crippen molar-refractivity contribution >= 4 is 11.3 Å². The standard InChI is InChI=1S/C6H9FN2S/c1-8-3-6-9-5(2-7)4-10-6/h4,8H,2-3H2,1H3. The van der Waals surface area contributed by atoms with Crippen molar-refractivity contribution in [2.24, 2.45) is 0 Å². The molecule has 0 saturated heterocycles. The lowest BCUT2D eigenvalue weighted by molar-refractivity contribution is 0.477. The third-order valence-corrected chi connectivity index (χ3v) is 1.96. The minimum absolute atomic E-state index is 0.458. The van der Waals surface area contributed by atoms with Gasteiger partial charge in [-0.15, -0.1) is 11.3 Å². The summed E-state index contributed by atoms with van der Waals surface area (Å²) >= 11 is 1.49. The van der Waals surface area contributed by atoms with Gasteiger partial charge in [-0.05, 0) is 7.05 Å². The molecule has 1 heterocycles. The Balaban J connectivity index is 2.59. The van der Waals surface area contributed by atoms with Crippen LogP contribution >= 0.6 is 11.3 Å². The highest BCUT2D eigenvalue weighted by molar-refractivity contribution is 7.09. The lowest BCUT2D eigenvalue weighted by Crippen LogP contribution is -2.04. The van der Waals surface area contributed by atoms with Gasteiger partial charge in [0.1, 0.15) is 11.7 Å². The van der Waals surface area contributed by atoms with E-state index in [1.165, 1.54) is 11.3 Å². The fourth-order valence-corrected chi connectivity index (χ4v) is 1.43. The summed E-state index contributed by atoms with van der Waals surface area (Å²) in [6, 6.07) is 0. The minimum atomic E-state index is -0.458. The number of aromatic nitrogens is 1. The van der Waals surface area contributed by atoms with E-state index in [4.69, 9.17) is 0 Å². The molecule has 2 nitrogen and oxygen atoms in total. The number of nitrogens with one attached hydrogen (secondary N) is 1. The van der Waals surface area contributed by atoms with Gasteiger partial charge in [0, 0.05) is 11.9 Å². The fourth-order valence-electron chi connectivity index (χ4n) is 0.643. The fraction of sp³-hybridized carbons (Fsp3) is 0.500. The van der Waals surface area contributed by atoms with Crippen molar-refractivity contribution in [3.8, 4) is 0 Å². The van der Waals surface area contributed by atoms with E-state index in [0.717, 1.165) is 11.6 Å². The molecule has 0 bridgehead atoms. The summed E-state index contributed by atoms with van der Waals surface area (Å²) in [7, 11) is 1.84. The molecule has 4 heteroatoms. The Morgan fingerprint density at radius 2 is 2.60 bits per heavy atom. The first kappa shape index (κ1) is 7.63. The van der Waals surface area contributed by atoms with Crippen molar-refractivity contribution in [3.63, 3.8) is 0 Å². The van der Waals surface area contributed by atoms with Crippen molar-refractivity contribution in [1.29, 1.82) is 0 Å². The first-order valence-corrected chi connectivity index (χ1v) is 3.88. The molecule has 10 heavy (non-hydrogen) atoms. The van der Waals surface area contributed by atoms with E-state index in [1.807, 2.05) is 7.05 Å². The second-order valence-electron chi connectivity index (χ2n) is 1.90. The molecule has 0 aromatic carbocycles. The number of halogens is 1. The Labute approximate surface area is 63.1 Å².